The number of nitrogens with zero attached hydrogens (tertiary/aromatic N) is 1. The second-order valence-corrected chi connectivity index (χ2v) is 7.91. The Morgan fingerprint density at radius 3 is 2.38 bits per heavy atom. The SMILES string of the molecule is COc1cc(NC(=O)C(=O)NC(C)(C)CNC(=O)c2cc(F)cc(F)c2)ccc1-c1cnco1. The standard InChI is InChI=1S/C23H22F2N4O5/c1-23(2,11-27-20(30)13-6-14(24)8-15(25)7-13)29-22(32)21(31)28-16-4-5-17(18(9-16)33-3)19-10-26-12-34-19/h4-10,12H,11H2,1-3H3,(H,27,30)(H,28,31)(H,29,32). The van der Waals surface area contributed by atoms with E-state index in [-0.39, 0.29) is 12.1 Å². The van der Waals surface area contributed by atoms with E-state index >= 15 is 0 Å². The molecule has 0 radical (unpaired) electrons. The van der Waals surface area contributed by atoms with E-state index in [1.165, 1.54) is 25.8 Å². The first-order valence-electron chi connectivity index (χ1n) is 10.0. The van der Waals surface area contributed by atoms with Crippen LogP contribution in [-0.2, 0) is 9.59 Å². The van der Waals surface area contributed by atoms with Crippen LogP contribution in [-0.4, -0.2) is 41.9 Å². The minimum atomic E-state index is -1.05. The first-order valence-corrected chi connectivity index (χ1v) is 10.0. The molecule has 0 saturated carbocycles. The third-order valence-corrected chi connectivity index (χ3v) is 4.63. The Bertz CT molecular complexity index is 1190. The van der Waals surface area contributed by atoms with Gasteiger partial charge in [-0.3, -0.25) is 14.4 Å². The van der Waals surface area contributed by atoms with Crippen LogP contribution in [0.1, 0.15) is 24.2 Å². The van der Waals surface area contributed by atoms with Gasteiger partial charge in [-0.15, -0.1) is 0 Å². The number of nitrogens with one attached hydrogen (secondary N) is 3. The summed E-state index contributed by atoms with van der Waals surface area (Å²) in [6.45, 7) is 3.03. The fourth-order valence-corrected chi connectivity index (χ4v) is 3.01. The second kappa shape index (κ2) is 10.1. The lowest BCUT2D eigenvalue weighted by atomic mass is 10.1. The van der Waals surface area contributed by atoms with Gasteiger partial charge >= 0.3 is 11.8 Å². The predicted octanol–water partition coefficient (Wildman–Crippen LogP) is 2.89. The average molecular weight is 472 g/mol. The van der Waals surface area contributed by atoms with Crippen molar-refractivity contribution in [2.45, 2.75) is 19.4 Å². The van der Waals surface area contributed by atoms with E-state index in [1.807, 2.05) is 0 Å². The number of hydrogen-bond acceptors (Lipinski definition) is 6. The molecular formula is C23H22F2N4O5. The van der Waals surface area contributed by atoms with Gasteiger partial charge in [0.25, 0.3) is 5.91 Å². The summed E-state index contributed by atoms with van der Waals surface area (Å²) in [5, 5.41) is 7.44. The first kappa shape index (κ1) is 24.4. The van der Waals surface area contributed by atoms with Gasteiger partial charge < -0.3 is 25.1 Å². The monoisotopic (exact) mass is 472 g/mol. The number of aromatic nitrogens is 1. The summed E-state index contributed by atoms with van der Waals surface area (Å²) in [6.07, 6.45) is 2.78. The molecule has 3 amide bonds. The molecule has 0 aliphatic carbocycles. The van der Waals surface area contributed by atoms with Crippen molar-refractivity contribution in [3.05, 3.63) is 66.2 Å². The van der Waals surface area contributed by atoms with Gasteiger partial charge in [0.15, 0.2) is 12.2 Å². The fraction of sp³-hybridized carbons (Fsp3) is 0.217. The van der Waals surface area contributed by atoms with E-state index in [2.05, 4.69) is 20.9 Å². The molecule has 0 atom stereocenters. The maximum absolute atomic E-state index is 13.3. The van der Waals surface area contributed by atoms with Crippen molar-refractivity contribution in [1.29, 1.82) is 0 Å². The molecule has 0 aliphatic rings. The highest BCUT2D eigenvalue weighted by Crippen LogP contribution is 2.32. The number of amides is 3. The minimum Gasteiger partial charge on any atom is -0.496 e. The number of benzene rings is 2. The molecule has 2 aromatic carbocycles. The van der Waals surface area contributed by atoms with Crippen LogP contribution in [0.2, 0.25) is 0 Å². The number of rotatable bonds is 7. The Balaban J connectivity index is 1.58. The Hall–Kier alpha value is -4.28. The van der Waals surface area contributed by atoms with Crippen molar-refractivity contribution in [3.8, 4) is 17.1 Å². The van der Waals surface area contributed by atoms with E-state index in [9.17, 15) is 23.2 Å². The minimum absolute atomic E-state index is 0.108. The molecule has 9 nitrogen and oxygen atoms in total. The zero-order valence-corrected chi connectivity index (χ0v) is 18.6. The number of carbonyl (C=O) groups excluding carboxylic acids is 3. The van der Waals surface area contributed by atoms with Gasteiger partial charge in [-0.2, -0.15) is 0 Å². The van der Waals surface area contributed by atoms with Crippen molar-refractivity contribution >= 4 is 23.4 Å². The molecule has 0 saturated heterocycles. The van der Waals surface area contributed by atoms with Crippen LogP contribution >= 0.6 is 0 Å². The van der Waals surface area contributed by atoms with Gasteiger partial charge in [0.05, 0.1) is 24.4 Å². The number of carbonyl (C=O) groups is 3. The molecule has 3 N–H and O–H groups in total. The zero-order chi connectivity index (χ0) is 24.9. The van der Waals surface area contributed by atoms with Crippen molar-refractivity contribution in [2.24, 2.45) is 0 Å². The molecule has 3 rings (SSSR count). The highest BCUT2D eigenvalue weighted by atomic mass is 19.1. The highest BCUT2D eigenvalue weighted by Gasteiger charge is 2.26. The Morgan fingerprint density at radius 2 is 1.76 bits per heavy atom. The van der Waals surface area contributed by atoms with Crippen LogP contribution < -0.4 is 20.7 Å². The zero-order valence-electron chi connectivity index (χ0n) is 18.6. The van der Waals surface area contributed by atoms with E-state index in [4.69, 9.17) is 9.15 Å². The molecule has 1 heterocycles. The molecule has 0 fully saturated rings. The maximum Gasteiger partial charge on any atom is 0.313 e. The predicted molar refractivity (Wildman–Crippen MR) is 118 cm³/mol. The van der Waals surface area contributed by atoms with Gasteiger partial charge in [0.2, 0.25) is 0 Å². The summed E-state index contributed by atoms with van der Waals surface area (Å²) in [7, 11) is 1.45. The molecular weight excluding hydrogens is 450 g/mol. The topological polar surface area (TPSA) is 123 Å². The Kier molecular flexibility index (Phi) is 7.24. The van der Waals surface area contributed by atoms with E-state index < -0.39 is 34.9 Å². The molecule has 178 valence electrons. The fourth-order valence-electron chi connectivity index (χ4n) is 3.01. The van der Waals surface area contributed by atoms with E-state index in [1.54, 1.807) is 26.0 Å². The van der Waals surface area contributed by atoms with Gasteiger partial charge in [0.1, 0.15) is 17.4 Å². The van der Waals surface area contributed by atoms with Gasteiger partial charge in [0, 0.05) is 29.9 Å². The number of halogens is 2. The number of ether oxygens (including phenoxy) is 1. The molecule has 11 heteroatoms. The van der Waals surface area contributed by atoms with Crippen LogP contribution in [0.5, 0.6) is 5.75 Å². The summed E-state index contributed by atoms with van der Waals surface area (Å²) < 4.78 is 37.2. The lowest BCUT2D eigenvalue weighted by Crippen LogP contribution is -2.54. The normalized spacial score (nSPS) is 11.0. The van der Waals surface area contributed by atoms with Crippen LogP contribution in [0, 0.1) is 11.6 Å². The summed E-state index contributed by atoms with van der Waals surface area (Å²) in [5.74, 6) is -3.54. The quantitative estimate of drug-likeness (QED) is 0.455. The maximum atomic E-state index is 13.3. The molecule has 3 aromatic rings. The second-order valence-electron chi connectivity index (χ2n) is 7.91. The molecule has 0 bridgehead atoms. The third-order valence-electron chi connectivity index (χ3n) is 4.63. The van der Waals surface area contributed by atoms with Crippen LogP contribution in [0.25, 0.3) is 11.3 Å². The van der Waals surface area contributed by atoms with Crippen molar-refractivity contribution in [3.63, 3.8) is 0 Å². The van der Waals surface area contributed by atoms with Crippen LogP contribution in [0.15, 0.2) is 53.4 Å². The van der Waals surface area contributed by atoms with Gasteiger partial charge in [-0.1, -0.05) is 0 Å². The first-order chi connectivity index (χ1) is 16.1. The lowest BCUT2D eigenvalue weighted by molar-refractivity contribution is -0.137. The van der Waals surface area contributed by atoms with Gasteiger partial charge in [-0.25, -0.2) is 13.8 Å². The van der Waals surface area contributed by atoms with Crippen molar-refractivity contribution in [2.75, 3.05) is 19.0 Å². The van der Waals surface area contributed by atoms with E-state index in [0.29, 0.717) is 28.8 Å². The largest absolute Gasteiger partial charge is 0.496 e. The smallest absolute Gasteiger partial charge is 0.313 e. The third kappa shape index (κ3) is 6.15. The average Bonchev–Trinajstić information content (AvgIpc) is 3.31. The molecule has 34 heavy (non-hydrogen) atoms. The lowest BCUT2D eigenvalue weighted by Gasteiger charge is -2.26. The van der Waals surface area contributed by atoms with Crippen molar-refractivity contribution < 1.29 is 32.3 Å². The van der Waals surface area contributed by atoms with Crippen molar-refractivity contribution in [1.82, 2.24) is 15.6 Å². The molecule has 0 aliphatic heterocycles. The number of hydrogen-bond donors (Lipinski definition) is 3. The summed E-state index contributed by atoms with van der Waals surface area (Å²) in [5.41, 5.74) is -0.346. The number of anilines is 1. The Labute approximate surface area is 193 Å². The highest BCUT2D eigenvalue weighted by molar-refractivity contribution is 6.39. The Morgan fingerprint density at radius 1 is 1.06 bits per heavy atom. The summed E-state index contributed by atoms with van der Waals surface area (Å²) in [6, 6.07) is 7.15. The van der Waals surface area contributed by atoms with Crippen LogP contribution in [0.4, 0.5) is 14.5 Å². The van der Waals surface area contributed by atoms with Gasteiger partial charge in [-0.05, 0) is 38.1 Å². The summed E-state index contributed by atoms with van der Waals surface area (Å²) >= 11 is 0. The molecule has 1 aromatic heterocycles. The van der Waals surface area contributed by atoms with E-state index in [0.717, 1.165) is 12.1 Å². The molecule has 0 unspecified atom stereocenters. The summed E-state index contributed by atoms with van der Waals surface area (Å²) in [4.78, 5) is 40.8. The van der Waals surface area contributed by atoms with Crippen LogP contribution in [0.3, 0.4) is 0 Å². The molecule has 0 spiro atoms. The number of oxazole rings is 1. The number of methoxy groups -OCH3 is 1.